The highest BCUT2D eigenvalue weighted by atomic mass is 32.2. The predicted molar refractivity (Wildman–Crippen MR) is 67.6 cm³/mol. The van der Waals surface area contributed by atoms with Gasteiger partial charge >= 0.3 is 5.97 Å². The Morgan fingerprint density at radius 1 is 1.39 bits per heavy atom. The number of nitrogens with zero attached hydrogens (tertiary/aromatic N) is 1. The summed E-state index contributed by atoms with van der Waals surface area (Å²) in [5, 5.41) is 10.7. The SMILES string of the molecule is CS(=O)(=O)c1cccc(-c2nc(C(=O)O)cs2)c1. The van der Waals surface area contributed by atoms with Gasteiger partial charge in [-0.3, -0.25) is 0 Å². The smallest absolute Gasteiger partial charge is 0.355 e. The third-order valence-corrected chi connectivity index (χ3v) is 4.23. The molecule has 0 aliphatic heterocycles. The van der Waals surface area contributed by atoms with Crippen LogP contribution >= 0.6 is 11.3 Å². The van der Waals surface area contributed by atoms with Gasteiger partial charge in [0, 0.05) is 17.2 Å². The first-order valence-electron chi connectivity index (χ1n) is 4.87. The lowest BCUT2D eigenvalue weighted by atomic mass is 10.2. The first kappa shape index (κ1) is 12.7. The quantitative estimate of drug-likeness (QED) is 0.930. The summed E-state index contributed by atoms with van der Waals surface area (Å²) in [6.07, 6.45) is 1.12. The van der Waals surface area contributed by atoms with Gasteiger partial charge in [0.25, 0.3) is 0 Å². The van der Waals surface area contributed by atoms with Crippen molar-refractivity contribution in [2.45, 2.75) is 4.90 Å². The van der Waals surface area contributed by atoms with E-state index < -0.39 is 15.8 Å². The van der Waals surface area contributed by atoms with Gasteiger partial charge in [-0.25, -0.2) is 18.2 Å². The number of aromatic carboxylic acids is 1. The van der Waals surface area contributed by atoms with E-state index in [0.717, 1.165) is 17.6 Å². The molecule has 0 aliphatic carbocycles. The predicted octanol–water partition coefficient (Wildman–Crippen LogP) is 1.91. The lowest BCUT2D eigenvalue weighted by Crippen LogP contribution is -1.97. The number of rotatable bonds is 3. The van der Waals surface area contributed by atoms with E-state index in [1.807, 2.05) is 0 Å². The van der Waals surface area contributed by atoms with E-state index in [4.69, 9.17) is 5.11 Å². The van der Waals surface area contributed by atoms with E-state index in [0.29, 0.717) is 10.6 Å². The molecule has 2 rings (SSSR count). The number of sulfone groups is 1. The minimum atomic E-state index is -3.28. The molecule has 1 N–H and O–H groups in total. The molecule has 0 saturated carbocycles. The first-order chi connectivity index (χ1) is 8.38. The molecule has 2 aromatic rings. The van der Waals surface area contributed by atoms with Gasteiger partial charge in [0.1, 0.15) is 5.01 Å². The van der Waals surface area contributed by atoms with Crippen LogP contribution < -0.4 is 0 Å². The molecule has 0 aliphatic rings. The lowest BCUT2D eigenvalue weighted by Gasteiger charge is -2.00. The topological polar surface area (TPSA) is 84.3 Å². The highest BCUT2D eigenvalue weighted by Crippen LogP contribution is 2.25. The molecule has 0 amide bonds. The van der Waals surface area contributed by atoms with Gasteiger partial charge in [-0.1, -0.05) is 12.1 Å². The normalized spacial score (nSPS) is 11.4. The monoisotopic (exact) mass is 283 g/mol. The average molecular weight is 283 g/mol. The standard InChI is InChI=1S/C11H9NO4S2/c1-18(15,16)8-4-2-3-7(5-8)10-12-9(6-17-10)11(13)14/h2-6H,1H3,(H,13,14). The maximum atomic E-state index is 11.4. The van der Waals surface area contributed by atoms with Crippen molar-refractivity contribution in [2.24, 2.45) is 0 Å². The molecule has 0 radical (unpaired) electrons. The van der Waals surface area contributed by atoms with Crippen LogP contribution in [0.15, 0.2) is 34.5 Å². The summed E-state index contributed by atoms with van der Waals surface area (Å²) in [6, 6.07) is 6.27. The molecule has 94 valence electrons. The van der Waals surface area contributed by atoms with Crippen LogP contribution in [0.1, 0.15) is 10.5 Å². The third-order valence-electron chi connectivity index (χ3n) is 2.23. The molecule has 0 spiro atoms. The maximum absolute atomic E-state index is 11.4. The molecular weight excluding hydrogens is 274 g/mol. The van der Waals surface area contributed by atoms with Crippen molar-refractivity contribution in [1.29, 1.82) is 0 Å². The third kappa shape index (κ3) is 2.57. The van der Waals surface area contributed by atoms with Crippen LogP contribution in [0.4, 0.5) is 0 Å². The maximum Gasteiger partial charge on any atom is 0.355 e. The van der Waals surface area contributed by atoms with Crippen LogP contribution in [-0.2, 0) is 9.84 Å². The van der Waals surface area contributed by atoms with Crippen LogP contribution in [0.25, 0.3) is 10.6 Å². The van der Waals surface area contributed by atoms with Crippen molar-refractivity contribution in [2.75, 3.05) is 6.26 Å². The van der Waals surface area contributed by atoms with Crippen LogP contribution in [0.3, 0.4) is 0 Å². The Bertz CT molecular complexity index is 703. The molecule has 5 nitrogen and oxygen atoms in total. The Hall–Kier alpha value is -1.73. The van der Waals surface area contributed by atoms with Crippen LogP contribution in [0.5, 0.6) is 0 Å². The highest BCUT2D eigenvalue weighted by molar-refractivity contribution is 7.90. The number of benzene rings is 1. The number of thiazole rings is 1. The van der Waals surface area contributed by atoms with Crippen molar-refractivity contribution in [3.63, 3.8) is 0 Å². The van der Waals surface area contributed by atoms with Gasteiger partial charge in [-0.15, -0.1) is 11.3 Å². The molecule has 1 heterocycles. The summed E-state index contributed by atoms with van der Waals surface area (Å²) in [5.74, 6) is -1.10. The van der Waals surface area contributed by atoms with Crippen molar-refractivity contribution in [3.05, 3.63) is 35.3 Å². The largest absolute Gasteiger partial charge is 0.476 e. The van der Waals surface area contributed by atoms with E-state index in [-0.39, 0.29) is 10.6 Å². The van der Waals surface area contributed by atoms with Crippen LogP contribution in [0, 0.1) is 0 Å². The van der Waals surface area contributed by atoms with Crippen molar-refractivity contribution in [3.8, 4) is 10.6 Å². The zero-order valence-corrected chi connectivity index (χ0v) is 11.0. The second-order valence-corrected chi connectivity index (χ2v) is 6.52. The molecule has 0 fully saturated rings. The summed E-state index contributed by atoms with van der Waals surface area (Å²) in [6.45, 7) is 0. The van der Waals surface area contributed by atoms with Gasteiger partial charge in [0.15, 0.2) is 15.5 Å². The minimum absolute atomic E-state index is 0.0419. The Morgan fingerprint density at radius 3 is 2.67 bits per heavy atom. The van der Waals surface area contributed by atoms with E-state index in [9.17, 15) is 13.2 Å². The number of hydrogen-bond acceptors (Lipinski definition) is 5. The number of hydrogen-bond donors (Lipinski definition) is 1. The van der Waals surface area contributed by atoms with E-state index >= 15 is 0 Å². The number of aromatic nitrogens is 1. The van der Waals surface area contributed by atoms with Crippen molar-refractivity contribution >= 4 is 27.1 Å². The second kappa shape index (κ2) is 4.51. The molecule has 7 heteroatoms. The Labute approximate surface area is 108 Å². The summed E-state index contributed by atoms with van der Waals surface area (Å²) in [7, 11) is -3.28. The van der Waals surface area contributed by atoms with E-state index in [1.165, 1.54) is 17.5 Å². The molecule has 0 bridgehead atoms. The van der Waals surface area contributed by atoms with E-state index in [1.54, 1.807) is 12.1 Å². The number of carbonyl (C=O) groups is 1. The summed E-state index contributed by atoms with van der Waals surface area (Å²) in [4.78, 5) is 14.8. The molecule has 0 atom stereocenters. The molecule has 0 saturated heterocycles. The van der Waals surface area contributed by atoms with Gasteiger partial charge in [-0.05, 0) is 12.1 Å². The van der Waals surface area contributed by atoms with Gasteiger partial charge in [0.2, 0.25) is 0 Å². The average Bonchev–Trinajstić information content (AvgIpc) is 2.77. The summed E-state index contributed by atoms with van der Waals surface area (Å²) < 4.78 is 22.8. The summed E-state index contributed by atoms with van der Waals surface area (Å²) in [5.41, 5.74) is 0.551. The fourth-order valence-corrected chi connectivity index (χ4v) is 2.82. The fourth-order valence-electron chi connectivity index (χ4n) is 1.36. The molecule has 0 unspecified atom stereocenters. The minimum Gasteiger partial charge on any atom is -0.476 e. The van der Waals surface area contributed by atoms with Crippen LogP contribution in [0.2, 0.25) is 0 Å². The summed E-state index contributed by atoms with van der Waals surface area (Å²) >= 11 is 1.16. The van der Waals surface area contributed by atoms with Gasteiger partial charge < -0.3 is 5.11 Å². The fraction of sp³-hybridized carbons (Fsp3) is 0.0909. The zero-order valence-electron chi connectivity index (χ0n) is 9.32. The van der Waals surface area contributed by atoms with E-state index in [2.05, 4.69) is 4.98 Å². The number of carboxylic acids is 1. The molecule has 1 aromatic carbocycles. The first-order valence-corrected chi connectivity index (χ1v) is 7.64. The number of carboxylic acid groups (broad SMARTS) is 1. The Kier molecular flexibility index (Phi) is 3.18. The van der Waals surface area contributed by atoms with Gasteiger partial charge in [0.05, 0.1) is 4.90 Å². The zero-order chi connectivity index (χ0) is 13.3. The van der Waals surface area contributed by atoms with Crippen molar-refractivity contribution < 1.29 is 18.3 Å². The molecular formula is C11H9NO4S2. The Balaban J connectivity index is 2.48. The van der Waals surface area contributed by atoms with Crippen molar-refractivity contribution in [1.82, 2.24) is 4.98 Å². The highest BCUT2D eigenvalue weighted by Gasteiger charge is 2.12. The molecule has 18 heavy (non-hydrogen) atoms. The molecule has 1 aromatic heterocycles. The Morgan fingerprint density at radius 2 is 2.11 bits per heavy atom. The van der Waals surface area contributed by atoms with Crippen LogP contribution in [-0.4, -0.2) is 30.7 Å². The second-order valence-electron chi connectivity index (χ2n) is 3.64. The lowest BCUT2D eigenvalue weighted by molar-refractivity contribution is 0.0691. The van der Waals surface area contributed by atoms with Gasteiger partial charge in [-0.2, -0.15) is 0 Å².